The summed E-state index contributed by atoms with van der Waals surface area (Å²) >= 11 is 0. The number of nitrogens with one attached hydrogen (secondary N) is 2. The fraction of sp³-hybridized carbons (Fsp3) is 0.367. The number of carbonyl (C=O) groups is 1. The van der Waals surface area contributed by atoms with E-state index in [1.165, 1.54) is 13.2 Å². The molecule has 0 bridgehead atoms. The van der Waals surface area contributed by atoms with Crippen molar-refractivity contribution in [1.82, 2.24) is 29.5 Å². The molecule has 5 rings (SSSR count). The van der Waals surface area contributed by atoms with Crippen LogP contribution in [0.5, 0.6) is 5.75 Å². The van der Waals surface area contributed by atoms with Crippen LogP contribution in [0.4, 0.5) is 15.9 Å². The summed E-state index contributed by atoms with van der Waals surface area (Å²) in [7, 11) is 5.20. The Labute approximate surface area is 239 Å². The predicted octanol–water partition coefficient (Wildman–Crippen LogP) is 3.59. The summed E-state index contributed by atoms with van der Waals surface area (Å²) in [6.45, 7) is 6.62. The maximum atomic E-state index is 14.3. The molecular formula is C30H36FN7O3. The van der Waals surface area contributed by atoms with Crippen molar-refractivity contribution >= 4 is 23.1 Å². The molecule has 1 saturated heterocycles. The summed E-state index contributed by atoms with van der Waals surface area (Å²) in [4.78, 5) is 26.4. The molecule has 0 aliphatic carbocycles. The Morgan fingerprint density at radius 1 is 1.24 bits per heavy atom. The van der Waals surface area contributed by atoms with Crippen LogP contribution < -0.4 is 15.4 Å². The molecule has 2 aromatic heterocycles. The van der Waals surface area contributed by atoms with E-state index in [1.807, 2.05) is 43.6 Å². The zero-order chi connectivity index (χ0) is 28.9. The number of hydrogen-bond acceptors (Lipinski definition) is 8. The second-order valence-electron chi connectivity index (χ2n) is 10.2. The first-order valence-corrected chi connectivity index (χ1v) is 13.7. The van der Waals surface area contributed by atoms with Crippen LogP contribution in [0.2, 0.25) is 0 Å². The number of aryl methyl sites for hydroxylation is 1. The minimum absolute atomic E-state index is 0.0149. The second kappa shape index (κ2) is 12.6. The number of methoxy groups -OCH3 is 1. The van der Waals surface area contributed by atoms with Crippen molar-refractivity contribution in [3.8, 4) is 17.0 Å². The number of morpholine rings is 1. The van der Waals surface area contributed by atoms with Gasteiger partial charge in [0, 0.05) is 69.0 Å². The quantitative estimate of drug-likeness (QED) is 0.303. The second-order valence-corrected chi connectivity index (χ2v) is 10.2. The first-order chi connectivity index (χ1) is 19.9. The number of rotatable bonds is 10. The van der Waals surface area contributed by atoms with Crippen LogP contribution in [0.25, 0.3) is 16.9 Å². The van der Waals surface area contributed by atoms with E-state index in [0.717, 1.165) is 43.1 Å². The lowest BCUT2D eigenvalue weighted by molar-refractivity contribution is -0.0274. The highest BCUT2D eigenvalue weighted by Crippen LogP contribution is 2.29. The Kier molecular flexibility index (Phi) is 8.77. The van der Waals surface area contributed by atoms with Crippen LogP contribution >= 0.6 is 0 Å². The molecule has 1 aliphatic rings. The third-order valence-electron chi connectivity index (χ3n) is 7.35. The Morgan fingerprint density at radius 3 is 2.85 bits per heavy atom. The molecule has 41 heavy (non-hydrogen) atoms. The van der Waals surface area contributed by atoms with E-state index in [9.17, 15) is 9.18 Å². The Morgan fingerprint density at radius 2 is 2.10 bits per heavy atom. The number of anilines is 2. The zero-order valence-electron chi connectivity index (χ0n) is 23.9. The normalized spacial score (nSPS) is 15.7. The summed E-state index contributed by atoms with van der Waals surface area (Å²) in [5.74, 6) is 0.275. The van der Waals surface area contributed by atoms with E-state index in [4.69, 9.17) is 9.47 Å². The van der Waals surface area contributed by atoms with Crippen LogP contribution in [0.1, 0.15) is 15.9 Å². The molecule has 1 atom stereocenters. The van der Waals surface area contributed by atoms with Crippen molar-refractivity contribution < 1.29 is 18.7 Å². The number of amides is 1. The van der Waals surface area contributed by atoms with Gasteiger partial charge in [0.15, 0.2) is 23.0 Å². The number of nitrogens with zero attached hydrogens (tertiary/aromatic N) is 5. The SMILES string of the molecule is CNCC1CN(CCN(C)C(=O)c2ccc(Nc3nccn4c(-c5ccc(OC)c(F)c5)cnc34)cc2C)CCO1. The summed E-state index contributed by atoms with van der Waals surface area (Å²) in [5, 5.41) is 6.49. The number of imidazole rings is 1. The van der Waals surface area contributed by atoms with Crippen LogP contribution in [0.3, 0.4) is 0 Å². The average Bonchev–Trinajstić information content (AvgIpc) is 3.41. The predicted molar refractivity (Wildman–Crippen MR) is 156 cm³/mol. The Hall–Kier alpha value is -4.06. The lowest BCUT2D eigenvalue weighted by Gasteiger charge is -2.33. The van der Waals surface area contributed by atoms with Crippen molar-refractivity contribution in [2.45, 2.75) is 13.0 Å². The van der Waals surface area contributed by atoms with Crippen LogP contribution in [0.15, 0.2) is 55.0 Å². The van der Waals surface area contributed by atoms with Gasteiger partial charge in [-0.25, -0.2) is 14.4 Å². The van der Waals surface area contributed by atoms with Gasteiger partial charge in [0.1, 0.15) is 0 Å². The van der Waals surface area contributed by atoms with E-state index in [1.54, 1.807) is 35.6 Å². The van der Waals surface area contributed by atoms with Gasteiger partial charge in [-0.15, -0.1) is 0 Å². The molecular weight excluding hydrogens is 525 g/mol. The van der Waals surface area contributed by atoms with E-state index >= 15 is 0 Å². The molecule has 1 fully saturated rings. The third-order valence-corrected chi connectivity index (χ3v) is 7.35. The van der Waals surface area contributed by atoms with Gasteiger partial charge < -0.3 is 25.0 Å². The number of carbonyl (C=O) groups excluding carboxylic acids is 1. The minimum atomic E-state index is -0.442. The average molecular weight is 562 g/mol. The lowest BCUT2D eigenvalue weighted by atomic mass is 10.1. The van der Waals surface area contributed by atoms with Crippen LogP contribution in [-0.2, 0) is 4.74 Å². The highest BCUT2D eigenvalue weighted by Gasteiger charge is 2.21. The summed E-state index contributed by atoms with van der Waals surface area (Å²) < 4.78 is 27.0. The number of halogens is 1. The van der Waals surface area contributed by atoms with Gasteiger partial charge in [-0.2, -0.15) is 0 Å². The smallest absolute Gasteiger partial charge is 0.253 e. The molecule has 216 valence electrons. The van der Waals surface area contributed by atoms with Gasteiger partial charge >= 0.3 is 0 Å². The molecule has 2 aromatic carbocycles. The number of likely N-dealkylation sites (N-methyl/N-ethyl adjacent to an activating group) is 2. The number of fused-ring (bicyclic) bond motifs is 1. The first kappa shape index (κ1) is 28.5. The van der Waals surface area contributed by atoms with E-state index in [2.05, 4.69) is 25.5 Å². The Bertz CT molecular complexity index is 1520. The fourth-order valence-corrected chi connectivity index (χ4v) is 5.10. The van der Waals surface area contributed by atoms with Gasteiger partial charge in [-0.3, -0.25) is 14.1 Å². The standard InChI is InChI=1S/C30H36FN7O3/c1-20-15-22(6-7-24(20)30(39)36(3)11-12-37-13-14-41-23(19-37)17-32-2)35-28-29-34-18-26(38(29)10-9-33-28)21-5-8-27(40-4)25(31)16-21/h5-10,15-16,18,23,32H,11-14,17,19H2,1-4H3,(H,33,35). The molecule has 1 unspecified atom stereocenters. The van der Waals surface area contributed by atoms with Crippen molar-refractivity contribution in [2.24, 2.45) is 0 Å². The fourth-order valence-electron chi connectivity index (χ4n) is 5.10. The molecule has 2 N–H and O–H groups in total. The van der Waals surface area contributed by atoms with Crippen molar-refractivity contribution in [2.75, 3.05) is 65.9 Å². The van der Waals surface area contributed by atoms with E-state index in [0.29, 0.717) is 35.7 Å². The summed E-state index contributed by atoms with van der Waals surface area (Å²) in [6, 6.07) is 10.4. The molecule has 3 heterocycles. The highest BCUT2D eigenvalue weighted by molar-refractivity contribution is 5.96. The van der Waals surface area contributed by atoms with E-state index < -0.39 is 5.82 Å². The monoisotopic (exact) mass is 561 g/mol. The van der Waals surface area contributed by atoms with Gasteiger partial charge in [0.25, 0.3) is 5.91 Å². The van der Waals surface area contributed by atoms with Crippen molar-refractivity contribution in [3.05, 3.63) is 71.9 Å². The number of benzene rings is 2. The maximum absolute atomic E-state index is 14.3. The minimum Gasteiger partial charge on any atom is -0.494 e. The maximum Gasteiger partial charge on any atom is 0.253 e. The molecule has 0 spiro atoms. The number of ether oxygens (including phenoxy) is 2. The molecule has 10 nitrogen and oxygen atoms in total. The molecule has 1 aliphatic heterocycles. The van der Waals surface area contributed by atoms with Gasteiger partial charge in [0.05, 0.1) is 31.7 Å². The molecule has 4 aromatic rings. The number of aromatic nitrogens is 3. The van der Waals surface area contributed by atoms with E-state index in [-0.39, 0.29) is 17.8 Å². The summed E-state index contributed by atoms with van der Waals surface area (Å²) in [5.41, 5.74) is 4.28. The van der Waals surface area contributed by atoms with Gasteiger partial charge in [-0.05, 0) is 55.9 Å². The largest absolute Gasteiger partial charge is 0.494 e. The van der Waals surface area contributed by atoms with Crippen LogP contribution in [-0.4, -0.2) is 96.7 Å². The lowest BCUT2D eigenvalue weighted by Crippen LogP contribution is -2.48. The molecule has 0 saturated carbocycles. The molecule has 0 radical (unpaired) electrons. The third kappa shape index (κ3) is 6.32. The molecule has 1 amide bonds. The van der Waals surface area contributed by atoms with Gasteiger partial charge in [0.2, 0.25) is 0 Å². The topological polar surface area (TPSA) is 96.3 Å². The highest BCUT2D eigenvalue weighted by atomic mass is 19.1. The number of hydrogen-bond donors (Lipinski definition) is 2. The first-order valence-electron chi connectivity index (χ1n) is 13.7. The molecule has 11 heteroatoms. The zero-order valence-corrected chi connectivity index (χ0v) is 23.9. The van der Waals surface area contributed by atoms with Crippen molar-refractivity contribution in [3.63, 3.8) is 0 Å². The Balaban J connectivity index is 1.26. The summed E-state index contributed by atoms with van der Waals surface area (Å²) in [6.07, 6.45) is 5.31. The van der Waals surface area contributed by atoms with Gasteiger partial charge in [-0.1, -0.05) is 0 Å². The van der Waals surface area contributed by atoms with Crippen LogP contribution in [0, 0.1) is 12.7 Å². The van der Waals surface area contributed by atoms with Crippen molar-refractivity contribution in [1.29, 1.82) is 0 Å².